The lowest BCUT2D eigenvalue weighted by atomic mass is 10.1. The lowest BCUT2D eigenvalue weighted by Crippen LogP contribution is -2.28. The second-order valence-electron chi connectivity index (χ2n) is 6.14. The number of aliphatic hydroxyl groups is 1. The summed E-state index contributed by atoms with van der Waals surface area (Å²) in [5.74, 6) is -2.86. The van der Waals surface area contributed by atoms with Gasteiger partial charge in [-0.3, -0.25) is 4.79 Å². The average Bonchev–Trinajstić information content (AvgIpc) is 2.63. The van der Waals surface area contributed by atoms with Crippen LogP contribution in [0.3, 0.4) is 0 Å². The smallest absolute Gasteiger partial charge is 0.345 e. The topological polar surface area (TPSA) is 113 Å². The molecule has 0 aliphatic heterocycles. The standard InChI is InChI=1S/C19H26ClNO6/c20-11-5-3-1-2-4-6-12-21-15-9-7-14(8-10-15)18(25)27-19(26)16(22)13-17(23)24/h7-10,16,21-22H,1-6,11-13H2,(H,23,24). The predicted molar refractivity (Wildman–Crippen MR) is 102 cm³/mol. The van der Waals surface area contributed by atoms with Crippen LogP contribution in [0.25, 0.3) is 0 Å². The number of unbranched alkanes of at least 4 members (excludes halogenated alkanes) is 5. The molecule has 0 amide bonds. The van der Waals surface area contributed by atoms with Crippen LogP contribution in [0.2, 0.25) is 0 Å². The Kier molecular flexibility index (Phi) is 11.1. The summed E-state index contributed by atoms with van der Waals surface area (Å²) in [6.07, 6.45) is 4.11. The van der Waals surface area contributed by atoms with E-state index >= 15 is 0 Å². The normalized spacial score (nSPS) is 11.6. The minimum atomic E-state index is -1.87. The van der Waals surface area contributed by atoms with E-state index in [1.165, 1.54) is 31.4 Å². The minimum absolute atomic E-state index is 0.135. The molecule has 0 heterocycles. The molecule has 1 aromatic rings. The van der Waals surface area contributed by atoms with Crippen molar-refractivity contribution in [1.82, 2.24) is 0 Å². The maximum atomic E-state index is 11.8. The fourth-order valence-electron chi connectivity index (χ4n) is 2.35. The molecule has 1 unspecified atom stereocenters. The number of esters is 2. The van der Waals surface area contributed by atoms with E-state index < -0.39 is 30.4 Å². The number of aliphatic hydroxyl groups excluding tert-OH is 1. The summed E-state index contributed by atoms with van der Waals surface area (Å²) in [7, 11) is 0. The van der Waals surface area contributed by atoms with Gasteiger partial charge in [0.2, 0.25) is 0 Å². The van der Waals surface area contributed by atoms with Crippen LogP contribution in [0, 0.1) is 0 Å². The molecule has 3 N–H and O–H groups in total. The number of nitrogens with one attached hydrogen (secondary N) is 1. The van der Waals surface area contributed by atoms with E-state index in [4.69, 9.17) is 16.7 Å². The van der Waals surface area contributed by atoms with Gasteiger partial charge in [0, 0.05) is 18.1 Å². The van der Waals surface area contributed by atoms with Crippen molar-refractivity contribution in [1.29, 1.82) is 0 Å². The van der Waals surface area contributed by atoms with Gasteiger partial charge >= 0.3 is 17.9 Å². The number of aliphatic carboxylic acids is 1. The fourth-order valence-corrected chi connectivity index (χ4v) is 2.54. The van der Waals surface area contributed by atoms with E-state index in [9.17, 15) is 19.5 Å². The van der Waals surface area contributed by atoms with Crippen LogP contribution in [-0.4, -0.2) is 46.6 Å². The highest BCUT2D eigenvalue weighted by Crippen LogP contribution is 2.12. The van der Waals surface area contributed by atoms with Crippen LogP contribution in [0.1, 0.15) is 55.3 Å². The lowest BCUT2D eigenvalue weighted by molar-refractivity contribution is -0.153. The molecule has 0 radical (unpaired) electrons. The number of hydrogen-bond donors (Lipinski definition) is 3. The third-order valence-corrected chi connectivity index (χ3v) is 4.11. The molecule has 7 nitrogen and oxygen atoms in total. The number of anilines is 1. The Morgan fingerprint density at radius 2 is 1.59 bits per heavy atom. The lowest BCUT2D eigenvalue weighted by Gasteiger charge is -2.09. The summed E-state index contributed by atoms with van der Waals surface area (Å²) >= 11 is 5.63. The van der Waals surface area contributed by atoms with Gasteiger partial charge < -0.3 is 20.3 Å². The molecule has 0 aromatic heterocycles. The molecule has 1 atom stereocenters. The predicted octanol–water partition coefficient (Wildman–Crippen LogP) is 3.20. The molecule has 0 bridgehead atoms. The van der Waals surface area contributed by atoms with Gasteiger partial charge in [-0.2, -0.15) is 0 Å². The Hall–Kier alpha value is -2.12. The molecule has 0 saturated carbocycles. The van der Waals surface area contributed by atoms with Gasteiger partial charge in [0.25, 0.3) is 0 Å². The van der Waals surface area contributed by atoms with Crippen LogP contribution in [0.4, 0.5) is 5.69 Å². The van der Waals surface area contributed by atoms with E-state index in [2.05, 4.69) is 10.1 Å². The zero-order valence-electron chi connectivity index (χ0n) is 15.2. The summed E-state index contributed by atoms with van der Waals surface area (Å²) in [4.78, 5) is 33.7. The summed E-state index contributed by atoms with van der Waals surface area (Å²) in [5, 5.41) is 21.1. The monoisotopic (exact) mass is 399 g/mol. The van der Waals surface area contributed by atoms with Crippen molar-refractivity contribution in [2.24, 2.45) is 0 Å². The maximum absolute atomic E-state index is 11.8. The minimum Gasteiger partial charge on any atom is -0.481 e. The number of rotatable bonds is 13. The van der Waals surface area contributed by atoms with Gasteiger partial charge in [-0.1, -0.05) is 25.7 Å². The van der Waals surface area contributed by atoms with Gasteiger partial charge in [0.05, 0.1) is 12.0 Å². The first kappa shape index (κ1) is 22.9. The van der Waals surface area contributed by atoms with Gasteiger partial charge in [-0.15, -0.1) is 11.6 Å². The van der Waals surface area contributed by atoms with E-state index in [1.807, 2.05) is 0 Å². The Balaban J connectivity index is 2.31. The Bertz CT molecular complexity index is 605. The number of carbonyl (C=O) groups excluding carboxylic acids is 2. The number of hydrogen-bond acceptors (Lipinski definition) is 6. The van der Waals surface area contributed by atoms with Crippen molar-refractivity contribution >= 4 is 35.2 Å². The van der Waals surface area contributed by atoms with E-state index in [-0.39, 0.29) is 5.56 Å². The third-order valence-electron chi connectivity index (χ3n) is 3.84. The molecule has 150 valence electrons. The van der Waals surface area contributed by atoms with Crippen LogP contribution >= 0.6 is 11.6 Å². The van der Waals surface area contributed by atoms with Gasteiger partial charge in [-0.25, -0.2) is 9.59 Å². The third kappa shape index (κ3) is 9.96. The number of carboxylic acid groups (broad SMARTS) is 1. The molecular formula is C19H26ClNO6. The molecule has 1 aromatic carbocycles. The first-order chi connectivity index (χ1) is 12.9. The summed E-state index contributed by atoms with van der Waals surface area (Å²) in [5.41, 5.74) is 0.974. The van der Waals surface area contributed by atoms with Crippen LogP contribution in [0.15, 0.2) is 24.3 Å². The number of carbonyl (C=O) groups is 3. The van der Waals surface area contributed by atoms with Gasteiger partial charge in [-0.05, 0) is 37.1 Å². The first-order valence-electron chi connectivity index (χ1n) is 9.00. The summed E-state index contributed by atoms with van der Waals surface area (Å²) < 4.78 is 4.47. The number of benzene rings is 1. The van der Waals surface area contributed by atoms with Crippen molar-refractivity contribution in [2.45, 2.75) is 51.0 Å². The average molecular weight is 400 g/mol. The number of alkyl halides is 1. The Morgan fingerprint density at radius 3 is 2.19 bits per heavy atom. The van der Waals surface area contributed by atoms with E-state index in [1.54, 1.807) is 12.1 Å². The van der Waals surface area contributed by atoms with Crippen molar-refractivity contribution in [3.05, 3.63) is 29.8 Å². The quantitative estimate of drug-likeness (QED) is 0.202. The molecule has 0 spiro atoms. The zero-order valence-corrected chi connectivity index (χ0v) is 15.9. The first-order valence-corrected chi connectivity index (χ1v) is 9.53. The van der Waals surface area contributed by atoms with E-state index in [0.29, 0.717) is 0 Å². The number of halogens is 1. The van der Waals surface area contributed by atoms with Crippen molar-refractivity contribution in [3.8, 4) is 0 Å². The van der Waals surface area contributed by atoms with Gasteiger partial charge in [0.1, 0.15) is 0 Å². The summed E-state index contributed by atoms with van der Waals surface area (Å²) in [6, 6.07) is 6.37. The SMILES string of the molecule is O=C(O)CC(O)C(=O)OC(=O)c1ccc(NCCCCCCCCCl)cc1. The fraction of sp³-hybridized carbons (Fsp3) is 0.526. The second kappa shape index (κ2) is 13.1. The second-order valence-corrected chi connectivity index (χ2v) is 6.51. The van der Waals surface area contributed by atoms with Crippen molar-refractivity contribution in [2.75, 3.05) is 17.7 Å². The molecule has 0 aliphatic rings. The summed E-state index contributed by atoms with van der Waals surface area (Å²) in [6.45, 7) is 0.819. The maximum Gasteiger partial charge on any atom is 0.345 e. The highest BCUT2D eigenvalue weighted by Gasteiger charge is 2.23. The molecule has 1 rings (SSSR count). The molecule has 0 fully saturated rings. The number of carboxylic acids is 1. The highest BCUT2D eigenvalue weighted by atomic mass is 35.5. The highest BCUT2D eigenvalue weighted by molar-refractivity contribution is 6.17. The van der Waals surface area contributed by atoms with E-state index in [0.717, 1.165) is 37.4 Å². The van der Waals surface area contributed by atoms with Crippen LogP contribution in [0.5, 0.6) is 0 Å². The number of ether oxygens (including phenoxy) is 1. The molecular weight excluding hydrogens is 374 g/mol. The molecule has 8 heteroatoms. The largest absolute Gasteiger partial charge is 0.481 e. The Labute approximate surface area is 163 Å². The van der Waals surface area contributed by atoms with Gasteiger partial charge in [0.15, 0.2) is 6.10 Å². The molecule has 0 aliphatic carbocycles. The van der Waals surface area contributed by atoms with Crippen LogP contribution in [-0.2, 0) is 14.3 Å². The van der Waals surface area contributed by atoms with Crippen molar-refractivity contribution < 1.29 is 29.3 Å². The molecule has 27 heavy (non-hydrogen) atoms. The van der Waals surface area contributed by atoms with Crippen molar-refractivity contribution in [3.63, 3.8) is 0 Å². The zero-order chi connectivity index (χ0) is 20.1. The Morgan fingerprint density at radius 1 is 1.00 bits per heavy atom. The molecule has 0 saturated heterocycles. The van der Waals surface area contributed by atoms with Crippen LogP contribution < -0.4 is 5.32 Å².